The van der Waals surface area contributed by atoms with Gasteiger partial charge in [-0.3, -0.25) is 9.59 Å². The Morgan fingerprint density at radius 2 is 1.33 bits per heavy atom. The number of hydrogen-bond donors (Lipinski definition) is 0. The van der Waals surface area contributed by atoms with Crippen LogP contribution in [0.3, 0.4) is 0 Å². The van der Waals surface area contributed by atoms with Gasteiger partial charge in [0, 0.05) is 59.3 Å². The number of carbonyl (C=O) groups excluding carboxylic acids is 7. The van der Waals surface area contributed by atoms with E-state index in [0.717, 1.165) is 25.0 Å². The summed E-state index contributed by atoms with van der Waals surface area (Å²) in [6, 6.07) is 0. The molecule has 8 rings (SSSR count). The van der Waals surface area contributed by atoms with E-state index in [-0.39, 0.29) is 83.5 Å². The van der Waals surface area contributed by atoms with Gasteiger partial charge in [0.05, 0.1) is 36.1 Å². The fourth-order valence-electron chi connectivity index (χ4n) is 8.47. The SMILES string of the molecule is C=C(C)C(=O)OC(=O)OC1C2CC3C(=O)OC1C3C2.C=C(C)C(=O)OC1CC2OC1C1C(=C)OCC21.C=C(C)C(=O)OC1CCCC1=O.C=C1CC(OC(=O)C(=C)C)CO1. The van der Waals surface area contributed by atoms with Crippen molar-refractivity contribution in [3.8, 4) is 0 Å². The Morgan fingerprint density at radius 3 is 1.92 bits per heavy atom. The maximum Gasteiger partial charge on any atom is 0.516 e. The average molecular weight is 839 g/mol. The normalized spacial score (nSPS) is 32.8. The minimum atomic E-state index is -1.05. The predicted molar refractivity (Wildman–Crippen MR) is 209 cm³/mol. The van der Waals surface area contributed by atoms with E-state index in [1.165, 1.54) is 6.92 Å². The molecule has 12 unspecified atom stereocenters. The summed E-state index contributed by atoms with van der Waals surface area (Å²) in [6.45, 7) is 28.8. The van der Waals surface area contributed by atoms with Crippen LogP contribution < -0.4 is 0 Å². The van der Waals surface area contributed by atoms with E-state index in [4.69, 9.17) is 37.9 Å². The Kier molecular flexibility index (Phi) is 14.6. The highest BCUT2D eigenvalue weighted by Crippen LogP contribution is 2.55. The summed E-state index contributed by atoms with van der Waals surface area (Å²) in [5.41, 5.74) is 1.30. The van der Waals surface area contributed by atoms with E-state index in [1.807, 2.05) is 0 Å². The Labute approximate surface area is 348 Å². The van der Waals surface area contributed by atoms with Gasteiger partial charge in [-0.05, 0) is 53.4 Å². The zero-order valence-corrected chi connectivity index (χ0v) is 34.6. The second-order valence-electron chi connectivity index (χ2n) is 16.4. The molecule has 0 amide bonds. The summed E-state index contributed by atoms with van der Waals surface area (Å²) in [4.78, 5) is 78.7. The number of carbonyl (C=O) groups is 7. The molecule has 8 aliphatic rings. The number of fused-ring (bicyclic) bond motifs is 6. The van der Waals surface area contributed by atoms with Crippen LogP contribution in [0.4, 0.5) is 4.79 Å². The molecule has 0 spiro atoms. The van der Waals surface area contributed by atoms with Gasteiger partial charge in [-0.1, -0.05) is 39.5 Å². The summed E-state index contributed by atoms with van der Waals surface area (Å²) in [6.07, 6.45) is 2.20. The zero-order valence-electron chi connectivity index (χ0n) is 34.6. The van der Waals surface area contributed by atoms with Crippen molar-refractivity contribution in [3.63, 3.8) is 0 Å². The van der Waals surface area contributed by atoms with Crippen LogP contribution in [0, 0.1) is 29.6 Å². The Balaban J connectivity index is 0.000000155. The van der Waals surface area contributed by atoms with Crippen LogP contribution >= 0.6 is 0 Å². The monoisotopic (exact) mass is 838 g/mol. The molecule has 4 bridgehead atoms. The van der Waals surface area contributed by atoms with Crippen molar-refractivity contribution in [1.29, 1.82) is 0 Å². The highest BCUT2D eigenvalue weighted by molar-refractivity contribution is 5.94. The quantitative estimate of drug-likeness (QED) is 0.133. The van der Waals surface area contributed by atoms with E-state index in [0.29, 0.717) is 67.3 Å². The molecule has 16 nitrogen and oxygen atoms in total. The summed E-state index contributed by atoms with van der Waals surface area (Å²) < 4.78 is 46.5. The van der Waals surface area contributed by atoms with Crippen molar-refractivity contribution in [3.05, 3.63) is 73.3 Å². The predicted octanol–water partition coefficient (Wildman–Crippen LogP) is 5.25. The van der Waals surface area contributed by atoms with Gasteiger partial charge in [-0.15, -0.1) is 0 Å². The molecule has 0 aromatic heterocycles. The van der Waals surface area contributed by atoms with Crippen LogP contribution in [-0.2, 0) is 71.4 Å². The van der Waals surface area contributed by atoms with Gasteiger partial charge >= 0.3 is 36.0 Å². The molecule has 8 fully saturated rings. The molecule has 60 heavy (non-hydrogen) atoms. The lowest BCUT2D eigenvalue weighted by Gasteiger charge is -2.26. The van der Waals surface area contributed by atoms with Crippen molar-refractivity contribution >= 4 is 41.8 Å². The molecule has 5 aliphatic heterocycles. The van der Waals surface area contributed by atoms with Crippen molar-refractivity contribution in [1.82, 2.24) is 0 Å². The second kappa shape index (κ2) is 19.3. The second-order valence-corrected chi connectivity index (χ2v) is 16.4. The van der Waals surface area contributed by atoms with Crippen LogP contribution in [0.25, 0.3) is 0 Å². The topological polar surface area (TPSA) is 203 Å². The lowest BCUT2D eigenvalue weighted by atomic mass is 9.79. The highest BCUT2D eigenvalue weighted by atomic mass is 16.8. The minimum Gasteiger partial charge on any atom is -0.498 e. The molecular formula is C44H54O16. The van der Waals surface area contributed by atoms with Crippen LogP contribution in [0.15, 0.2) is 73.3 Å². The van der Waals surface area contributed by atoms with E-state index < -0.39 is 30.3 Å². The van der Waals surface area contributed by atoms with E-state index >= 15 is 0 Å². The maximum absolute atomic E-state index is 11.5. The third kappa shape index (κ3) is 10.6. The van der Waals surface area contributed by atoms with Gasteiger partial charge in [0.15, 0.2) is 11.9 Å². The van der Waals surface area contributed by atoms with Gasteiger partial charge < -0.3 is 42.6 Å². The molecular weight excluding hydrogens is 784 g/mol. The number of rotatable bonds is 8. The fraction of sp³-hybridized carbons (Fsp3) is 0.568. The first kappa shape index (κ1) is 45.6. The number of Topliss-reactive ketones (excluding diaryl/α,β-unsaturated/α-hetero) is 1. The Hall–Kier alpha value is -5.51. The number of ketones is 1. The third-order valence-electron chi connectivity index (χ3n) is 11.5. The lowest BCUT2D eigenvalue weighted by molar-refractivity contribution is -0.149. The average Bonchev–Trinajstić information content (AvgIpc) is 4.05. The van der Waals surface area contributed by atoms with Crippen molar-refractivity contribution in [2.75, 3.05) is 13.2 Å². The summed E-state index contributed by atoms with van der Waals surface area (Å²) in [5, 5.41) is 0. The Bertz CT molecular complexity index is 1860. The first-order chi connectivity index (χ1) is 28.2. The van der Waals surface area contributed by atoms with E-state index in [2.05, 4.69) is 44.2 Å². The number of esters is 5. The minimum absolute atomic E-state index is 0.0320. The van der Waals surface area contributed by atoms with Gasteiger partial charge in [-0.2, -0.15) is 0 Å². The Morgan fingerprint density at radius 1 is 0.700 bits per heavy atom. The third-order valence-corrected chi connectivity index (χ3v) is 11.5. The maximum atomic E-state index is 11.5. The first-order valence-corrected chi connectivity index (χ1v) is 19.9. The molecule has 0 N–H and O–H groups in total. The van der Waals surface area contributed by atoms with Crippen molar-refractivity contribution < 1.29 is 76.2 Å². The number of ether oxygens (including phenoxy) is 9. The van der Waals surface area contributed by atoms with E-state index in [1.54, 1.807) is 20.8 Å². The molecule has 326 valence electrons. The largest absolute Gasteiger partial charge is 0.516 e. The van der Waals surface area contributed by atoms with Crippen LogP contribution in [-0.4, -0.2) is 97.7 Å². The summed E-state index contributed by atoms with van der Waals surface area (Å²) in [5.74, 6) is 0.126. The molecule has 0 aromatic rings. The van der Waals surface area contributed by atoms with Crippen LogP contribution in [0.2, 0.25) is 0 Å². The summed E-state index contributed by atoms with van der Waals surface area (Å²) >= 11 is 0. The smallest absolute Gasteiger partial charge is 0.498 e. The van der Waals surface area contributed by atoms with Gasteiger partial charge in [0.1, 0.15) is 37.1 Å². The molecule has 5 saturated heterocycles. The molecule has 0 radical (unpaired) electrons. The molecule has 3 aliphatic carbocycles. The zero-order chi connectivity index (χ0) is 44.2. The van der Waals surface area contributed by atoms with Crippen molar-refractivity contribution in [2.45, 2.75) is 115 Å². The van der Waals surface area contributed by atoms with Crippen molar-refractivity contribution in [2.24, 2.45) is 29.6 Å². The highest BCUT2D eigenvalue weighted by Gasteiger charge is 2.63. The molecule has 16 heteroatoms. The lowest BCUT2D eigenvalue weighted by Crippen LogP contribution is -2.38. The first-order valence-electron chi connectivity index (χ1n) is 19.9. The molecule has 5 heterocycles. The fourth-order valence-corrected chi connectivity index (χ4v) is 8.47. The van der Waals surface area contributed by atoms with Gasteiger partial charge in [-0.25, -0.2) is 24.0 Å². The van der Waals surface area contributed by atoms with Crippen LogP contribution in [0.1, 0.15) is 72.6 Å². The van der Waals surface area contributed by atoms with Gasteiger partial charge in [0.25, 0.3) is 0 Å². The van der Waals surface area contributed by atoms with Gasteiger partial charge in [0.2, 0.25) is 0 Å². The molecule has 0 aromatic carbocycles. The molecule has 3 saturated carbocycles. The molecule has 12 atom stereocenters. The van der Waals surface area contributed by atoms with Crippen LogP contribution in [0.5, 0.6) is 0 Å². The number of hydrogen-bond acceptors (Lipinski definition) is 16. The summed E-state index contributed by atoms with van der Waals surface area (Å²) in [7, 11) is 0. The standard InChI is InChI=1S/C13H14O6.C13H16O4.2C9H12O3/c1-5(2)11(14)19-13(16)18-9-6-3-7-8(4-6)12(15)17-10(7)9;1-6(2)13(14)17-10-4-9-8-5-15-7(3)11(8)12(10)16-9;1-6(2)9(10)12-8-4-7(3)11-5-8;1-6(2)9(11)12-8-5-3-4-7(8)10/h6-10H,1,3-4H2,2H3;8-12H,1,3-5H2,2H3;2*8H,1,3-5H2,2H3. The van der Waals surface area contributed by atoms with E-state index in [9.17, 15) is 33.6 Å².